The van der Waals surface area contributed by atoms with Gasteiger partial charge in [0, 0.05) is 17.0 Å². The molecule has 0 bridgehead atoms. The lowest BCUT2D eigenvalue weighted by molar-refractivity contribution is -0.659. The average molecular weight is 573 g/mol. The highest BCUT2D eigenvalue weighted by Gasteiger charge is 2.34. The number of pyridine rings is 1. The van der Waals surface area contributed by atoms with Crippen LogP contribution in [0.5, 0.6) is 11.5 Å². The second kappa shape index (κ2) is 9.81. The summed E-state index contributed by atoms with van der Waals surface area (Å²) in [5.41, 5.74) is 9.91. The topological polar surface area (TPSA) is 13.1 Å². The van der Waals surface area contributed by atoms with Crippen LogP contribution in [0.1, 0.15) is 90.1 Å². The molecule has 0 N–H and O–H groups in total. The second-order valence-corrected chi connectivity index (χ2v) is 16.9. The molecule has 0 aliphatic carbocycles. The molecule has 0 fully saturated rings. The van der Waals surface area contributed by atoms with Crippen LogP contribution in [0.2, 0.25) is 0 Å². The average Bonchev–Trinajstić information content (AvgIpc) is 2.86. The van der Waals surface area contributed by atoms with Crippen molar-refractivity contribution in [3.63, 3.8) is 0 Å². The van der Waals surface area contributed by atoms with Crippen LogP contribution in [0.4, 0.5) is 0 Å². The van der Waals surface area contributed by atoms with Crippen molar-refractivity contribution in [2.75, 3.05) is 0 Å². The molecular weight excluding hydrogens is 522 g/mol. The largest absolute Gasteiger partial charge is 0.455 e. The molecule has 2 heterocycles. The van der Waals surface area contributed by atoms with E-state index in [9.17, 15) is 0 Å². The number of rotatable bonds is 3. The summed E-state index contributed by atoms with van der Waals surface area (Å²) in [6.07, 6.45) is 5.30. The van der Waals surface area contributed by atoms with Crippen molar-refractivity contribution in [3.8, 4) is 22.8 Å². The number of fused-ring (bicyclic) bond motifs is 5. The Morgan fingerprint density at radius 1 is 0.674 bits per heavy atom. The molecule has 0 saturated heterocycles. The van der Waals surface area contributed by atoms with Gasteiger partial charge < -0.3 is 4.74 Å². The van der Waals surface area contributed by atoms with E-state index in [4.69, 9.17) is 4.74 Å². The predicted octanol–water partition coefficient (Wildman–Crippen LogP) is 11.1. The maximum absolute atomic E-state index is 7.15. The van der Waals surface area contributed by atoms with Crippen LogP contribution in [0.25, 0.3) is 43.6 Å². The lowest BCUT2D eigenvalue weighted by Gasteiger charge is -2.29. The van der Waals surface area contributed by atoms with Gasteiger partial charge in [0.25, 0.3) is 0 Å². The van der Waals surface area contributed by atoms with Crippen LogP contribution in [-0.4, -0.2) is 0 Å². The zero-order chi connectivity index (χ0) is 31.2. The van der Waals surface area contributed by atoms with E-state index in [0.717, 1.165) is 30.8 Å². The number of nitrogens with zero attached hydrogens (tertiary/aromatic N) is 1. The van der Waals surface area contributed by atoms with Crippen molar-refractivity contribution in [2.24, 2.45) is 23.3 Å². The van der Waals surface area contributed by atoms with Crippen molar-refractivity contribution >= 4 is 32.3 Å². The Bertz CT molecular complexity index is 1940. The number of aromatic nitrogens is 1. The summed E-state index contributed by atoms with van der Waals surface area (Å²) in [4.78, 5) is 0. The van der Waals surface area contributed by atoms with E-state index < -0.39 is 0 Å². The zero-order valence-electron chi connectivity index (χ0n) is 28.6. The minimum absolute atomic E-state index is 0.112. The summed E-state index contributed by atoms with van der Waals surface area (Å²) in [6.45, 7) is 25.5. The maximum Gasteiger partial charge on any atom is 0.228 e. The monoisotopic (exact) mass is 572 g/mol. The maximum atomic E-state index is 7.15. The van der Waals surface area contributed by atoms with Crippen LogP contribution in [0.15, 0.2) is 48.7 Å². The van der Waals surface area contributed by atoms with Crippen LogP contribution in [0, 0.1) is 30.1 Å². The Labute approximate surface area is 259 Å². The van der Waals surface area contributed by atoms with Crippen LogP contribution >= 0.6 is 0 Å². The number of benzene rings is 4. The summed E-state index contributed by atoms with van der Waals surface area (Å²) in [7, 11) is 2.19. The van der Waals surface area contributed by atoms with E-state index in [1.807, 2.05) is 0 Å². The van der Waals surface area contributed by atoms with Gasteiger partial charge >= 0.3 is 0 Å². The molecule has 4 aromatic carbocycles. The minimum atomic E-state index is 0.112. The number of hydrogen-bond acceptors (Lipinski definition) is 1. The Balaban J connectivity index is 1.70. The molecule has 0 saturated carbocycles. The van der Waals surface area contributed by atoms with Crippen molar-refractivity contribution < 1.29 is 9.30 Å². The van der Waals surface area contributed by atoms with Gasteiger partial charge in [-0.15, -0.1) is 0 Å². The van der Waals surface area contributed by atoms with Gasteiger partial charge in [-0.25, -0.2) is 4.57 Å². The molecule has 1 aliphatic rings. The van der Waals surface area contributed by atoms with E-state index in [0.29, 0.717) is 0 Å². The fraction of sp³-hybridized carbons (Fsp3) is 0.439. The van der Waals surface area contributed by atoms with Gasteiger partial charge in [0.2, 0.25) is 5.69 Å². The van der Waals surface area contributed by atoms with Crippen LogP contribution < -0.4 is 9.30 Å². The van der Waals surface area contributed by atoms with Crippen molar-refractivity contribution in [1.29, 1.82) is 0 Å². The normalized spacial score (nSPS) is 13.6. The molecule has 6 rings (SSSR count). The van der Waals surface area contributed by atoms with Crippen molar-refractivity contribution in [3.05, 3.63) is 76.5 Å². The molecule has 0 spiro atoms. The molecule has 224 valence electrons. The third-order valence-corrected chi connectivity index (χ3v) is 8.96. The Morgan fingerprint density at radius 2 is 1.35 bits per heavy atom. The molecule has 0 amide bonds. The lowest BCUT2D eigenvalue weighted by atomic mass is 9.80. The quantitative estimate of drug-likeness (QED) is 0.152. The van der Waals surface area contributed by atoms with Crippen LogP contribution in [0.3, 0.4) is 0 Å². The molecule has 0 atom stereocenters. The van der Waals surface area contributed by atoms with E-state index in [-0.39, 0.29) is 16.2 Å². The van der Waals surface area contributed by atoms with E-state index in [1.54, 1.807) is 0 Å². The van der Waals surface area contributed by atoms with Gasteiger partial charge in [0.1, 0.15) is 18.5 Å². The van der Waals surface area contributed by atoms with Crippen LogP contribution in [-0.2, 0) is 26.3 Å². The molecule has 0 unspecified atom stereocenters. The summed E-state index contributed by atoms with van der Waals surface area (Å²) in [5, 5.41) is 7.75. The SMILES string of the molecule is Cc1cc2c(cc1CC(C)(C)C)cc1c3c([n+](C)ccc32)-c2c(c(CC(C)(C)C)c3ccc(CC(C)(C)C)cc3c2C)O1. The fourth-order valence-corrected chi connectivity index (χ4v) is 7.28. The highest BCUT2D eigenvalue weighted by atomic mass is 16.5. The smallest absolute Gasteiger partial charge is 0.228 e. The van der Waals surface area contributed by atoms with Gasteiger partial charge in [-0.2, -0.15) is 0 Å². The van der Waals surface area contributed by atoms with Gasteiger partial charge in [-0.05, 0) is 99.2 Å². The number of aryl methyl sites for hydroxylation is 3. The molecular formula is C41H50NO+. The lowest BCUT2D eigenvalue weighted by Crippen LogP contribution is -2.32. The van der Waals surface area contributed by atoms with E-state index in [1.165, 1.54) is 71.4 Å². The van der Waals surface area contributed by atoms with Gasteiger partial charge in [0.15, 0.2) is 6.20 Å². The minimum Gasteiger partial charge on any atom is -0.455 e. The molecule has 2 heteroatoms. The van der Waals surface area contributed by atoms with E-state index in [2.05, 4.69) is 136 Å². The predicted molar refractivity (Wildman–Crippen MR) is 185 cm³/mol. The van der Waals surface area contributed by atoms with Gasteiger partial charge in [-0.1, -0.05) is 92.6 Å². The number of ether oxygens (including phenoxy) is 1. The summed E-state index contributed by atoms with van der Waals surface area (Å²) in [6, 6.07) is 16.6. The molecule has 43 heavy (non-hydrogen) atoms. The zero-order valence-corrected chi connectivity index (χ0v) is 28.6. The third kappa shape index (κ3) is 5.43. The Morgan fingerprint density at radius 3 is 2.00 bits per heavy atom. The summed E-state index contributed by atoms with van der Waals surface area (Å²) in [5.74, 6) is 2.02. The first-order valence-electron chi connectivity index (χ1n) is 16.1. The number of hydrogen-bond donors (Lipinski definition) is 0. The van der Waals surface area contributed by atoms with Crippen molar-refractivity contribution in [2.45, 2.75) is 95.4 Å². The molecule has 1 aromatic heterocycles. The first-order chi connectivity index (χ1) is 19.9. The molecule has 5 aromatic rings. The molecule has 2 nitrogen and oxygen atoms in total. The summed E-state index contributed by atoms with van der Waals surface area (Å²) < 4.78 is 9.47. The first kappa shape index (κ1) is 29.7. The Hall–Kier alpha value is -3.39. The van der Waals surface area contributed by atoms with Gasteiger partial charge in [0.05, 0.1) is 10.9 Å². The third-order valence-electron chi connectivity index (χ3n) is 8.96. The Kier molecular flexibility index (Phi) is 6.77. The standard InChI is InChI=1S/C41H50NO/c1-24-17-32-27(19-28(24)22-40(6,7)8)20-34-36-30(32)15-16-42(12)37(36)35-25(2)31-18-26(21-39(3,4)5)13-14-29(31)33(38(35)43-34)23-41(9,10)11/h13-20H,21-23H2,1-12H3/q+1. The summed E-state index contributed by atoms with van der Waals surface area (Å²) >= 11 is 0. The molecule has 1 aliphatic heterocycles. The highest BCUT2D eigenvalue weighted by molar-refractivity contribution is 6.16. The molecule has 0 radical (unpaired) electrons. The highest BCUT2D eigenvalue weighted by Crippen LogP contribution is 2.53. The van der Waals surface area contributed by atoms with Gasteiger partial charge in [-0.3, -0.25) is 0 Å². The fourth-order valence-electron chi connectivity index (χ4n) is 7.28. The van der Waals surface area contributed by atoms with Crippen molar-refractivity contribution in [1.82, 2.24) is 0 Å². The second-order valence-electron chi connectivity index (χ2n) is 16.9. The first-order valence-corrected chi connectivity index (χ1v) is 16.1. The van der Waals surface area contributed by atoms with E-state index >= 15 is 0 Å².